The van der Waals surface area contributed by atoms with Crippen LogP contribution >= 0.6 is 11.3 Å². The van der Waals surface area contributed by atoms with Crippen LogP contribution in [0.1, 0.15) is 37.1 Å². The molecular weight excluding hydrogens is 284 g/mol. The Kier molecular flexibility index (Phi) is 4.10. The zero-order valence-corrected chi connectivity index (χ0v) is 13.4. The molecule has 0 radical (unpaired) electrons. The molecule has 0 aromatic carbocycles. The minimum atomic E-state index is 0.0211. The highest BCUT2D eigenvalue weighted by Crippen LogP contribution is 2.22. The van der Waals surface area contributed by atoms with Crippen molar-refractivity contribution in [1.82, 2.24) is 14.3 Å². The van der Waals surface area contributed by atoms with Gasteiger partial charge in [0.25, 0.3) is 5.56 Å². The van der Waals surface area contributed by atoms with Crippen LogP contribution in [0.3, 0.4) is 0 Å². The molecule has 2 aromatic heterocycles. The van der Waals surface area contributed by atoms with Crippen molar-refractivity contribution in [3.8, 4) is 0 Å². The molecule has 1 saturated carbocycles. The van der Waals surface area contributed by atoms with E-state index in [4.69, 9.17) is 5.73 Å². The Hall–Kier alpha value is -1.24. The molecule has 2 heterocycles. The molecule has 6 heteroatoms. The molecule has 21 heavy (non-hydrogen) atoms. The Labute approximate surface area is 128 Å². The third-order valence-corrected chi connectivity index (χ3v) is 5.35. The van der Waals surface area contributed by atoms with E-state index < -0.39 is 0 Å². The van der Waals surface area contributed by atoms with Gasteiger partial charge in [-0.3, -0.25) is 14.1 Å². The Bertz CT molecular complexity index is 685. The number of fused-ring (bicyclic) bond motifs is 1. The van der Waals surface area contributed by atoms with Crippen LogP contribution in [0.4, 0.5) is 0 Å². The summed E-state index contributed by atoms with van der Waals surface area (Å²) in [6.07, 6.45) is 4.45. The molecule has 3 rings (SSSR count). The number of nitrogens with two attached hydrogens (primary N) is 1. The van der Waals surface area contributed by atoms with E-state index in [1.807, 2.05) is 12.3 Å². The summed E-state index contributed by atoms with van der Waals surface area (Å²) in [5.74, 6) is 0. The summed E-state index contributed by atoms with van der Waals surface area (Å²) in [4.78, 5) is 19.9. The molecule has 0 saturated heterocycles. The quantitative estimate of drug-likeness (QED) is 0.938. The minimum absolute atomic E-state index is 0.0211. The molecule has 0 amide bonds. The maximum absolute atomic E-state index is 12.2. The summed E-state index contributed by atoms with van der Waals surface area (Å²) in [7, 11) is 2.12. The lowest BCUT2D eigenvalue weighted by Crippen LogP contribution is -2.38. The van der Waals surface area contributed by atoms with Crippen molar-refractivity contribution in [3.05, 3.63) is 33.2 Å². The first kappa shape index (κ1) is 14.7. The number of hydrogen-bond donors (Lipinski definition) is 1. The third-order valence-electron chi connectivity index (χ3n) is 4.40. The van der Waals surface area contributed by atoms with E-state index in [2.05, 4.69) is 16.9 Å². The smallest absolute Gasteiger partial charge is 0.259 e. The van der Waals surface area contributed by atoms with E-state index in [0.717, 1.165) is 48.6 Å². The molecule has 1 aliphatic rings. The number of rotatable bonds is 3. The molecule has 1 aliphatic carbocycles. The van der Waals surface area contributed by atoms with Crippen molar-refractivity contribution in [2.75, 3.05) is 7.05 Å². The minimum Gasteiger partial charge on any atom is -0.328 e. The fourth-order valence-corrected chi connectivity index (χ4v) is 4.00. The lowest BCUT2D eigenvalue weighted by Gasteiger charge is -2.33. The second kappa shape index (κ2) is 5.87. The van der Waals surface area contributed by atoms with Gasteiger partial charge in [-0.05, 0) is 39.7 Å². The Balaban J connectivity index is 1.77. The van der Waals surface area contributed by atoms with Gasteiger partial charge in [0.15, 0.2) is 4.96 Å². The van der Waals surface area contributed by atoms with Crippen LogP contribution in [-0.4, -0.2) is 33.4 Å². The summed E-state index contributed by atoms with van der Waals surface area (Å²) in [6, 6.07) is 2.58. The zero-order valence-electron chi connectivity index (χ0n) is 12.6. The fraction of sp³-hybridized carbons (Fsp3) is 0.600. The van der Waals surface area contributed by atoms with Gasteiger partial charge in [-0.15, -0.1) is 11.3 Å². The lowest BCUT2D eigenvalue weighted by atomic mass is 9.91. The van der Waals surface area contributed by atoms with Gasteiger partial charge in [0.05, 0.1) is 5.69 Å². The number of nitrogens with zero attached hydrogens (tertiary/aromatic N) is 3. The van der Waals surface area contributed by atoms with Gasteiger partial charge >= 0.3 is 0 Å². The maximum atomic E-state index is 12.2. The first-order valence-corrected chi connectivity index (χ1v) is 8.35. The summed E-state index contributed by atoms with van der Waals surface area (Å²) >= 11 is 1.52. The summed E-state index contributed by atoms with van der Waals surface area (Å²) < 4.78 is 1.67. The summed E-state index contributed by atoms with van der Waals surface area (Å²) in [5, 5.41) is 1.97. The Morgan fingerprint density at radius 2 is 2.14 bits per heavy atom. The molecule has 114 valence electrons. The molecule has 0 spiro atoms. The van der Waals surface area contributed by atoms with Gasteiger partial charge in [0.1, 0.15) is 0 Å². The number of aryl methyl sites for hydroxylation is 1. The highest BCUT2D eigenvalue weighted by atomic mass is 32.1. The van der Waals surface area contributed by atoms with E-state index in [0.29, 0.717) is 12.1 Å². The first-order valence-electron chi connectivity index (χ1n) is 7.47. The molecule has 0 atom stereocenters. The van der Waals surface area contributed by atoms with Gasteiger partial charge in [0.2, 0.25) is 0 Å². The van der Waals surface area contributed by atoms with Crippen molar-refractivity contribution in [1.29, 1.82) is 0 Å². The predicted octanol–water partition coefficient (Wildman–Crippen LogP) is 1.77. The lowest BCUT2D eigenvalue weighted by molar-refractivity contribution is 0.174. The summed E-state index contributed by atoms with van der Waals surface area (Å²) in [5.41, 5.74) is 7.79. The van der Waals surface area contributed by atoms with Crippen LogP contribution in [-0.2, 0) is 6.54 Å². The van der Waals surface area contributed by atoms with Gasteiger partial charge < -0.3 is 5.73 Å². The van der Waals surface area contributed by atoms with E-state index in [-0.39, 0.29) is 5.56 Å². The van der Waals surface area contributed by atoms with Crippen LogP contribution < -0.4 is 11.3 Å². The highest BCUT2D eigenvalue weighted by molar-refractivity contribution is 7.15. The molecule has 2 N–H and O–H groups in total. The number of hydrogen-bond acceptors (Lipinski definition) is 5. The van der Waals surface area contributed by atoms with Gasteiger partial charge in [0, 0.05) is 35.8 Å². The monoisotopic (exact) mass is 306 g/mol. The highest BCUT2D eigenvalue weighted by Gasteiger charge is 2.22. The Morgan fingerprint density at radius 3 is 2.86 bits per heavy atom. The van der Waals surface area contributed by atoms with E-state index >= 15 is 0 Å². The maximum Gasteiger partial charge on any atom is 0.259 e. The number of aromatic nitrogens is 2. The standard InChI is InChI=1S/C15H22N4OS/c1-10-9-21-15-17-12(7-14(20)19(10)15)8-18(2)13-5-3-11(16)4-6-13/h7,9,11,13H,3-6,8,16H2,1-2H3. The third kappa shape index (κ3) is 3.02. The molecule has 0 unspecified atom stereocenters. The molecule has 1 fully saturated rings. The summed E-state index contributed by atoms with van der Waals surface area (Å²) in [6.45, 7) is 2.66. The van der Waals surface area contributed by atoms with Crippen molar-refractivity contribution in [2.24, 2.45) is 5.73 Å². The van der Waals surface area contributed by atoms with Crippen LogP contribution in [0.25, 0.3) is 4.96 Å². The topological polar surface area (TPSA) is 63.6 Å². The Morgan fingerprint density at radius 1 is 1.43 bits per heavy atom. The zero-order chi connectivity index (χ0) is 15.0. The van der Waals surface area contributed by atoms with Crippen molar-refractivity contribution in [3.63, 3.8) is 0 Å². The van der Waals surface area contributed by atoms with E-state index in [1.165, 1.54) is 11.3 Å². The second-order valence-corrected chi connectivity index (χ2v) is 6.90. The number of thiazole rings is 1. The van der Waals surface area contributed by atoms with Gasteiger partial charge in [-0.2, -0.15) is 0 Å². The van der Waals surface area contributed by atoms with E-state index in [9.17, 15) is 4.79 Å². The predicted molar refractivity (Wildman–Crippen MR) is 85.8 cm³/mol. The second-order valence-electron chi connectivity index (χ2n) is 6.06. The molecular formula is C15H22N4OS. The van der Waals surface area contributed by atoms with Gasteiger partial charge in [-0.1, -0.05) is 0 Å². The molecule has 0 bridgehead atoms. The van der Waals surface area contributed by atoms with Crippen LogP contribution in [0, 0.1) is 6.92 Å². The molecule has 5 nitrogen and oxygen atoms in total. The van der Waals surface area contributed by atoms with Crippen LogP contribution in [0.2, 0.25) is 0 Å². The molecule has 0 aliphatic heterocycles. The fourth-order valence-electron chi connectivity index (χ4n) is 3.11. The van der Waals surface area contributed by atoms with Crippen molar-refractivity contribution in [2.45, 2.75) is 51.2 Å². The van der Waals surface area contributed by atoms with Crippen LogP contribution in [0.15, 0.2) is 16.2 Å². The normalized spacial score (nSPS) is 23.0. The van der Waals surface area contributed by atoms with Crippen molar-refractivity contribution < 1.29 is 0 Å². The van der Waals surface area contributed by atoms with E-state index in [1.54, 1.807) is 10.5 Å². The average Bonchev–Trinajstić information content (AvgIpc) is 2.81. The largest absolute Gasteiger partial charge is 0.328 e. The first-order chi connectivity index (χ1) is 10.0. The van der Waals surface area contributed by atoms with Crippen LogP contribution in [0.5, 0.6) is 0 Å². The van der Waals surface area contributed by atoms with Gasteiger partial charge in [-0.25, -0.2) is 4.98 Å². The molecule has 2 aromatic rings. The average molecular weight is 306 g/mol. The SMILES string of the molecule is Cc1csc2nc(CN(C)C3CCC(N)CC3)cc(=O)n12. The van der Waals surface area contributed by atoms with Crippen molar-refractivity contribution >= 4 is 16.3 Å².